The zero-order valence-corrected chi connectivity index (χ0v) is 20.3. The highest BCUT2D eigenvalue weighted by Gasteiger charge is 2.21. The van der Waals surface area contributed by atoms with E-state index in [4.69, 9.17) is 4.74 Å². The number of carbonyl (C=O) groups excluding carboxylic acids is 1. The minimum atomic E-state index is -3.62. The Bertz CT molecular complexity index is 1020. The molecular formula is C25H34N4O4S. The number of piperazine rings is 1. The summed E-state index contributed by atoms with van der Waals surface area (Å²) in [7, 11) is -3.62. The lowest BCUT2D eigenvalue weighted by molar-refractivity contribution is 0.0951. The highest BCUT2D eigenvalue weighted by molar-refractivity contribution is 7.89. The summed E-state index contributed by atoms with van der Waals surface area (Å²) in [5.74, 6) is -0.190. The van der Waals surface area contributed by atoms with E-state index in [2.05, 4.69) is 44.1 Å². The van der Waals surface area contributed by atoms with E-state index in [0.717, 1.165) is 52.0 Å². The first-order chi connectivity index (χ1) is 16.5. The van der Waals surface area contributed by atoms with E-state index in [1.165, 1.54) is 17.8 Å². The van der Waals surface area contributed by atoms with Gasteiger partial charge in [0.15, 0.2) is 0 Å². The largest absolute Gasteiger partial charge is 0.377 e. The summed E-state index contributed by atoms with van der Waals surface area (Å²) in [5.41, 5.74) is 1.72. The summed E-state index contributed by atoms with van der Waals surface area (Å²) >= 11 is 0. The molecule has 1 unspecified atom stereocenters. The van der Waals surface area contributed by atoms with Crippen LogP contribution in [0.15, 0.2) is 59.5 Å². The third-order valence-electron chi connectivity index (χ3n) is 6.38. The van der Waals surface area contributed by atoms with E-state index >= 15 is 0 Å². The van der Waals surface area contributed by atoms with E-state index in [1.54, 1.807) is 12.1 Å². The Morgan fingerprint density at radius 3 is 2.41 bits per heavy atom. The van der Waals surface area contributed by atoms with Crippen molar-refractivity contribution in [2.45, 2.75) is 30.3 Å². The number of anilines is 1. The Balaban J connectivity index is 1.15. The highest BCUT2D eigenvalue weighted by atomic mass is 32.2. The fraction of sp³-hybridized carbons (Fsp3) is 0.480. The van der Waals surface area contributed by atoms with Gasteiger partial charge in [0, 0.05) is 57.1 Å². The van der Waals surface area contributed by atoms with Gasteiger partial charge < -0.3 is 15.0 Å². The quantitative estimate of drug-likeness (QED) is 0.500. The number of sulfonamides is 1. The maximum absolute atomic E-state index is 12.5. The molecule has 2 aromatic carbocycles. The van der Waals surface area contributed by atoms with E-state index in [1.807, 2.05) is 6.07 Å². The van der Waals surface area contributed by atoms with Gasteiger partial charge >= 0.3 is 0 Å². The van der Waals surface area contributed by atoms with Crippen molar-refractivity contribution in [3.8, 4) is 0 Å². The molecule has 4 rings (SSSR count). The molecule has 9 heteroatoms. The van der Waals surface area contributed by atoms with Gasteiger partial charge in [0.05, 0.1) is 11.0 Å². The average Bonchev–Trinajstić information content (AvgIpc) is 3.40. The van der Waals surface area contributed by atoms with Gasteiger partial charge in [-0.05, 0) is 62.2 Å². The van der Waals surface area contributed by atoms with Gasteiger partial charge in [0.2, 0.25) is 10.0 Å². The molecule has 34 heavy (non-hydrogen) atoms. The van der Waals surface area contributed by atoms with Crippen LogP contribution in [0.25, 0.3) is 0 Å². The molecule has 0 radical (unpaired) electrons. The zero-order chi connectivity index (χ0) is 23.8. The van der Waals surface area contributed by atoms with Gasteiger partial charge in [0.25, 0.3) is 5.91 Å². The summed E-state index contributed by atoms with van der Waals surface area (Å²) in [6.07, 6.45) is 2.64. The molecule has 1 amide bonds. The number of benzene rings is 2. The highest BCUT2D eigenvalue weighted by Crippen LogP contribution is 2.16. The van der Waals surface area contributed by atoms with Gasteiger partial charge in [-0.3, -0.25) is 9.69 Å². The topological polar surface area (TPSA) is 91.0 Å². The summed E-state index contributed by atoms with van der Waals surface area (Å²) in [6.45, 7) is 6.52. The van der Waals surface area contributed by atoms with Crippen molar-refractivity contribution in [3.63, 3.8) is 0 Å². The normalized spacial score (nSPS) is 19.3. The summed E-state index contributed by atoms with van der Waals surface area (Å²) < 4.78 is 33.0. The van der Waals surface area contributed by atoms with Crippen molar-refractivity contribution < 1.29 is 17.9 Å². The van der Waals surface area contributed by atoms with Crippen LogP contribution in [0, 0.1) is 0 Å². The number of ether oxygens (including phenoxy) is 1. The van der Waals surface area contributed by atoms with Crippen LogP contribution in [-0.2, 0) is 14.8 Å². The molecule has 2 aromatic rings. The monoisotopic (exact) mass is 486 g/mol. The van der Waals surface area contributed by atoms with Crippen molar-refractivity contribution in [2.24, 2.45) is 0 Å². The van der Waals surface area contributed by atoms with Crippen molar-refractivity contribution in [2.75, 3.05) is 57.3 Å². The fourth-order valence-corrected chi connectivity index (χ4v) is 5.42. The maximum Gasteiger partial charge on any atom is 0.251 e. The first-order valence-corrected chi connectivity index (χ1v) is 13.5. The van der Waals surface area contributed by atoms with E-state index in [-0.39, 0.29) is 23.5 Å². The number of para-hydroxylation sites is 1. The van der Waals surface area contributed by atoms with Crippen molar-refractivity contribution in [1.82, 2.24) is 14.9 Å². The van der Waals surface area contributed by atoms with E-state index < -0.39 is 10.0 Å². The van der Waals surface area contributed by atoms with Crippen molar-refractivity contribution in [1.29, 1.82) is 0 Å². The van der Waals surface area contributed by atoms with Crippen LogP contribution in [0.2, 0.25) is 0 Å². The van der Waals surface area contributed by atoms with Crippen LogP contribution in [0.4, 0.5) is 5.69 Å². The molecule has 2 N–H and O–H groups in total. The molecule has 2 fully saturated rings. The minimum absolute atomic E-state index is 0.0624. The second kappa shape index (κ2) is 11.8. The SMILES string of the molecule is O=C(NCCCN1CCN(c2ccccc2)CC1)c1ccc(S(=O)(=O)NCC2CCCO2)cc1. The molecule has 0 saturated carbocycles. The van der Waals surface area contributed by atoms with Gasteiger partial charge in [-0.2, -0.15) is 0 Å². The number of rotatable bonds is 10. The predicted octanol–water partition coefficient (Wildman–Crippen LogP) is 2.09. The Kier molecular flexibility index (Phi) is 8.55. The number of nitrogens with zero attached hydrogens (tertiary/aromatic N) is 2. The molecule has 0 spiro atoms. The third kappa shape index (κ3) is 6.79. The van der Waals surface area contributed by atoms with Crippen LogP contribution < -0.4 is 14.9 Å². The van der Waals surface area contributed by atoms with E-state index in [0.29, 0.717) is 18.7 Å². The molecule has 0 aliphatic carbocycles. The number of hydrogen-bond acceptors (Lipinski definition) is 6. The molecule has 2 heterocycles. The Hall–Kier alpha value is -2.46. The molecule has 2 aliphatic heterocycles. The number of hydrogen-bond donors (Lipinski definition) is 2. The molecule has 0 bridgehead atoms. The van der Waals surface area contributed by atoms with Gasteiger partial charge in [-0.15, -0.1) is 0 Å². The van der Waals surface area contributed by atoms with Gasteiger partial charge in [-0.25, -0.2) is 13.1 Å². The molecular weight excluding hydrogens is 452 g/mol. The average molecular weight is 487 g/mol. The van der Waals surface area contributed by atoms with Crippen LogP contribution in [-0.4, -0.2) is 77.7 Å². The predicted molar refractivity (Wildman–Crippen MR) is 133 cm³/mol. The van der Waals surface area contributed by atoms with Crippen LogP contribution in [0.3, 0.4) is 0 Å². The maximum atomic E-state index is 12.5. The van der Waals surface area contributed by atoms with Crippen molar-refractivity contribution in [3.05, 3.63) is 60.2 Å². The molecule has 1 atom stereocenters. The Morgan fingerprint density at radius 2 is 1.74 bits per heavy atom. The van der Waals surface area contributed by atoms with Crippen LogP contribution in [0.5, 0.6) is 0 Å². The summed E-state index contributed by atoms with van der Waals surface area (Å²) in [4.78, 5) is 17.4. The lowest BCUT2D eigenvalue weighted by atomic mass is 10.2. The van der Waals surface area contributed by atoms with Gasteiger partial charge in [-0.1, -0.05) is 18.2 Å². The Labute approximate surface area is 202 Å². The molecule has 2 saturated heterocycles. The number of amides is 1. The second-order valence-electron chi connectivity index (χ2n) is 8.78. The molecule has 184 valence electrons. The van der Waals surface area contributed by atoms with E-state index in [9.17, 15) is 13.2 Å². The second-order valence-corrected chi connectivity index (χ2v) is 10.6. The van der Waals surface area contributed by atoms with Gasteiger partial charge in [0.1, 0.15) is 0 Å². The minimum Gasteiger partial charge on any atom is -0.377 e. The first kappa shape index (κ1) is 24.7. The number of nitrogens with one attached hydrogen (secondary N) is 2. The molecule has 2 aliphatic rings. The fourth-order valence-electron chi connectivity index (χ4n) is 4.35. The van der Waals surface area contributed by atoms with Crippen LogP contribution in [0.1, 0.15) is 29.6 Å². The summed E-state index contributed by atoms with van der Waals surface area (Å²) in [6, 6.07) is 16.5. The lowest BCUT2D eigenvalue weighted by Crippen LogP contribution is -2.47. The molecule has 0 aromatic heterocycles. The van der Waals surface area contributed by atoms with Crippen molar-refractivity contribution >= 4 is 21.6 Å². The zero-order valence-electron chi connectivity index (χ0n) is 19.5. The smallest absolute Gasteiger partial charge is 0.251 e. The van der Waals surface area contributed by atoms with Crippen LogP contribution >= 0.6 is 0 Å². The lowest BCUT2D eigenvalue weighted by Gasteiger charge is -2.36. The summed E-state index contributed by atoms with van der Waals surface area (Å²) in [5, 5.41) is 2.94. The number of carbonyl (C=O) groups is 1. The molecule has 8 nitrogen and oxygen atoms in total. The first-order valence-electron chi connectivity index (χ1n) is 12.0. The standard InChI is InChI=1S/C25H34N4O4S/c30-25(21-9-11-24(12-10-21)34(31,32)27-20-23-8-4-19-33-23)26-13-5-14-28-15-17-29(18-16-28)22-6-2-1-3-7-22/h1-3,6-7,9-12,23,27H,4-5,8,13-20H2,(H,26,30). The Morgan fingerprint density at radius 1 is 1.00 bits per heavy atom. The third-order valence-corrected chi connectivity index (χ3v) is 7.82.